The number of carbonyl (C=O) groups excluding carboxylic acids is 2. The van der Waals surface area contributed by atoms with Gasteiger partial charge >= 0.3 is 0 Å². The Morgan fingerprint density at radius 3 is 2.50 bits per heavy atom. The minimum Gasteiger partial charge on any atom is -0.497 e. The normalized spacial score (nSPS) is 21.1. The minimum atomic E-state index is -0.854. The number of rotatable bonds is 4. The van der Waals surface area contributed by atoms with E-state index in [1.807, 2.05) is 0 Å². The molecule has 0 saturated heterocycles. The fraction of sp³-hybridized carbons (Fsp3) is 0.381. The quantitative estimate of drug-likeness (QED) is 0.851. The van der Waals surface area contributed by atoms with Gasteiger partial charge in [-0.2, -0.15) is 0 Å². The number of hydrogen-bond donors (Lipinski definition) is 1. The van der Waals surface area contributed by atoms with Gasteiger partial charge in [0.2, 0.25) is 11.3 Å². The molecule has 1 N–H and O–H groups in total. The van der Waals surface area contributed by atoms with Gasteiger partial charge in [0.1, 0.15) is 5.76 Å². The predicted octanol–water partition coefficient (Wildman–Crippen LogP) is 1.91. The summed E-state index contributed by atoms with van der Waals surface area (Å²) in [6.45, 7) is 1.43. The summed E-state index contributed by atoms with van der Waals surface area (Å²) >= 11 is 0. The first-order valence-corrected chi connectivity index (χ1v) is 8.96. The van der Waals surface area contributed by atoms with Crippen molar-refractivity contribution >= 4 is 17.3 Å². The third-order valence-electron chi connectivity index (χ3n) is 5.02. The highest BCUT2D eigenvalue weighted by molar-refractivity contribution is 6.05. The van der Waals surface area contributed by atoms with Gasteiger partial charge in [0.15, 0.2) is 17.6 Å². The standard InChI is InChI=1S/C21H23NO6/c1-11(23)22-15-7-5-12-9-17(25)20(27-3)21(28-4)19(12)13-6-8-18(26-2)16(24)10-14(13)15/h6,8-10,15,20H,5,7H2,1-4H3,(H,22,23)/t15-,20?/m0/s1. The van der Waals surface area contributed by atoms with Crippen LogP contribution in [0.5, 0.6) is 5.75 Å². The van der Waals surface area contributed by atoms with Crippen molar-refractivity contribution in [2.45, 2.75) is 31.9 Å². The van der Waals surface area contributed by atoms with Gasteiger partial charge in [-0.05, 0) is 47.8 Å². The SMILES string of the molecule is COC1=C2C(=CC(=O)C1OC)CC[C@H](NC(C)=O)c1cc(=O)c(OC)ccc12. The molecule has 7 nitrogen and oxygen atoms in total. The van der Waals surface area contributed by atoms with Crippen molar-refractivity contribution in [1.29, 1.82) is 0 Å². The topological polar surface area (TPSA) is 90.9 Å². The van der Waals surface area contributed by atoms with Crippen LogP contribution >= 0.6 is 0 Å². The second-order valence-electron chi connectivity index (χ2n) is 6.70. The molecule has 1 amide bonds. The van der Waals surface area contributed by atoms with Crippen LogP contribution in [0.1, 0.15) is 36.9 Å². The molecule has 1 aromatic carbocycles. The molecular weight excluding hydrogens is 362 g/mol. The van der Waals surface area contributed by atoms with Gasteiger partial charge in [-0.3, -0.25) is 14.4 Å². The van der Waals surface area contributed by atoms with Gasteiger partial charge in [-0.1, -0.05) is 6.07 Å². The maximum absolute atomic E-state index is 12.6. The van der Waals surface area contributed by atoms with E-state index in [-0.39, 0.29) is 28.9 Å². The molecule has 0 fully saturated rings. The van der Waals surface area contributed by atoms with Crippen molar-refractivity contribution in [1.82, 2.24) is 5.32 Å². The highest BCUT2D eigenvalue weighted by atomic mass is 16.5. The average molecular weight is 385 g/mol. The van der Waals surface area contributed by atoms with Crippen LogP contribution in [0.2, 0.25) is 0 Å². The zero-order chi connectivity index (χ0) is 20.4. The molecule has 2 aliphatic carbocycles. The minimum absolute atomic E-state index is 0.190. The van der Waals surface area contributed by atoms with Crippen molar-refractivity contribution < 1.29 is 23.8 Å². The molecule has 1 unspecified atom stereocenters. The summed E-state index contributed by atoms with van der Waals surface area (Å²) in [5.41, 5.74) is 2.58. The van der Waals surface area contributed by atoms with Gasteiger partial charge in [0.25, 0.3) is 0 Å². The highest BCUT2D eigenvalue weighted by Crippen LogP contribution is 2.43. The third-order valence-corrected chi connectivity index (χ3v) is 5.02. The molecular formula is C21H23NO6. The number of ketones is 1. The van der Waals surface area contributed by atoms with Crippen LogP contribution in [-0.2, 0) is 19.1 Å². The Kier molecular flexibility index (Phi) is 5.65. The first-order chi connectivity index (χ1) is 13.4. The maximum Gasteiger partial charge on any atom is 0.220 e. The summed E-state index contributed by atoms with van der Waals surface area (Å²) in [6.07, 6.45) is 1.79. The summed E-state index contributed by atoms with van der Waals surface area (Å²) in [7, 11) is 4.37. The van der Waals surface area contributed by atoms with E-state index in [4.69, 9.17) is 14.2 Å². The fourth-order valence-electron chi connectivity index (χ4n) is 3.84. The van der Waals surface area contributed by atoms with Crippen molar-refractivity contribution in [3.8, 4) is 5.75 Å². The van der Waals surface area contributed by atoms with Crippen molar-refractivity contribution in [3.63, 3.8) is 0 Å². The molecule has 2 atom stereocenters. The van der Waals surface area contributed by atoms with E-state index in [2.05, 4.69) is 5.32 Å². The lowest BCUT2D eigenvalue weighted by molar-refractivity contribution is -0.124. The Balaban J connectivity index is 2.36. The monoisotopic (exact) mass is 385 g/mol. The summed E-state index contributed by atoms with van der Waals surface area (Å²) in [6, 6.07) is 4.45. The van der Waals surface area contributed by atoms with Crippen LogP contribution < -0.4 is 15.5 Å². The van der Waals surface area contributed by atoms with E-state index in [0.29, 0.717) is 29.7 Å². The predicted molar refractivity (Wildman–Crippen MR) is 103 cm³/mol. The van der Waals surface area contributed by atoms with Crippen LogP contribution in [0.25, 0.3) is 5.57 Å². The van der Waals surface area contributed by atoms with Gasteiger partial charge in [0, 0.05) is 19.6 Å². The molecule has 0 spiro atoms. The van der Waals surface area contributed by atoms with E-state index < -0.39 is 6.10 Å². The van der Waals surface area contributed by atoms with Crippen LogP contribution in [-0.4, -0.2) is 39.1 Å². The van der Waals surface area contributed by atoms with Crippen molar-refractivity contribution in [2.75, 3.05) is 21.3 Å². The van der Waals surface area contributed by atoms with E-state index in [1.165, 1.54) is 34.3 Å². The molecule has 0 radical (unpaired) electrons. The lowest BCUT2D eigenvalue weighted by Gasteiger charge is -2.25. The number of nitrogens with one attached hydrogen (secondary N) is 1. The molecule has 0 aliphatic heterocycles. The zero-order valence-electron chi connectivity index (χ0n) is 16.3. The Bertz CT molecular complexity index is 946. The molecule has 0 heterocycles. The van der Waals surface area contributed by atoms with Crippen molar-refractivity contribution in [2.24, 2.45) is 0 Å². The Labute approximate surface area is 163 Å². The first kappa shape index (κ1) is 19.8. The Morgan fingerprint density at radius 2 is 1.89 bits per heavy atom. The lowest BCUT2D eigenvalue weighted by atomic mass is 9.87. The Morgan fingerprint density at radius 1 is 1.14 bits per heavy atom. The Hall–Kier alpha value is -2.93. The molecule has 0 bridgehead atoms. The smallest absolute Gasteiger partial charge is 0.220 e. The van der Waals surface area contributed by atoms with Gasteiger partial charge in [-0.25, -0.2) is 0 Å². The number of allylic oxidation sites excluding steroid dienone is 2. The van der Waals surface area contributed by atoms with Crippen LogP contribution in [0.3, 0.4) is 0 Å². The molecule has 28 heavy (non-hydrogen) atoms. The number of hydrogen-bond acceptors (Lipinski definition) is 6. The average Bonchev–Trinajstić information content (AvgIpc) is 2.89. The second-order valence-corrected chi connectivity index (χ2v) is 6.70. The van der Waals surface area contributed by atoms with Crippen LogP contribution in [0.4, 0.5) is 0 Å². The van der Waals surface area contributed by atoms with E-state index >= 15 is 0 Å². The van der Waals surface area contributed by atoms with Crippen LogP contribution in [0.15, 0.2) is 40.4 Å². The summed E-state index contributed by atoms with van der Waals surface area (Å²) < 4.78 is 16.1. The summed E-state index contributed by atoms with van der Waals surface area (Å²) in [5, 5.41) is 2.91. The molecule has 0 aromatic heterocycles. The van der Waals surface area contributed by atoms with Crippen LogP contribution in [0, 0.1) is 0 Å². The third kappa shape index (κ3) is 3.45. The lowest BCUT2D eigenvalue weighted by Crippen LogP contribution is -2.29. The van der Waals surface area contributed by atoms with Gasteiger partial charge in [0.05, 0.1) is 20.3 Å². The van der Waals surface area contributed by atoms with Crippen molar-refractivity contribution in [3.05, 3.63) is 57.0 Å². The zero-order valence-corrected chi connectivity index (χ0v) is 16.3. The van der Waals surface area contributed by atoms with Gasteiger partial charge < -0.3 is 19.5 Å². The number of carbonyl (C=O) groups is 2. The highest BCUT2D eigenvalue weighted by Gasteiger charge is 2.36. The fourth-order valence-corrected chi connectivity index (χ4v) is 3.84. The number of fused-ring (bicyclic) bond motifs is 3. The molecule has 1 aromatic rings. The van der Waals surface area contributed by atoms with E-state index in [0.717, 1.165) is 11.1 Å². The molecule has 7 heteroatoms. The van der Waals surface area contributed by atoms with E-state index in [1.54, 1.807) is 18.2 Å². The number of amides is 1. The van der Waals surface area contributed by atoms with E-state index in [9.17, 15) is 14.4 Å². The summed E-state index contributed by atoms with van der Waals surface area (Å²) in [5.74, 6) is 0.190. The molecule has 148 valence electrons. The number of methoxy groups -OCH3 is 3. The maximum atomic E-state index is 12.6. The summed E-state index contributed by atoms with van der Waals surface area (Å²) in [4.78, 5) is 36.8. The number of ether oxygens (including phenoxy) is 3. The second kappa shape index (κ2) is 7.98. The van der Waals surface area contributed by atoms with Gasteiger partial charge in [-0.15, -0.1) is 0 Å². The molecule has 2 aliphatic rings. The molecule has 3 rings (SSSR count). The molecule has 0 saturated carbocycles. The largest absolute Gasteiger partial charge is 0.497 e. The first-order valence-electron chi connectivity index (χ1n) is 8.96.